The van der Waals surface area contributed by atoms with Crippen molar-refractivity contribution in [3.05, 3.63) is 50.7 Å². The predicted molar refractivity (Wildman–Crippen MR) is 131 cm³/mol. The highest BCUT2D eigenvalue weighted by molar-refractivity contribution is 6.28. The highest BCUT2D eigenvalue weighted by atomic mass is 35.5. The number of pyridine rings is 1. The first-order valence-electron chi connectivity index (χ1n) is 11.3. The van der Waals surface area contributed by atoms with E-state index < -0.39 is 0 Å². The van der Waals surface area contributed by atoms with Crippen LogP contribution in [-0.2, 0) is 6.54 Å². The second-order valence-electron chi connectivity index (χ2n) is 8.41. The quantitative estimate of drug-likeness (QED) is 0.359. The largest absolute Gasteiger partial charge is 0.493 e. The monoisotopic (exact) mass is 471 g/mol. The van der Waals surface area contributed by atoms with Gasteiger partial charge in [-0.2, -0.15) is 0 Å². The number of anilines is 1. The summed E-state index contributed by atoms with van der Waals surface area (Å²) in [6.45, 7) is 8.08. The SMILES string of the molecule is COc1cc2c(NCc3c(C)cc(C)[nH]c3=O)nc(Cl)nc2cc1OCCCN1CCCC1. The van der Waals surface area contributed by atoms with Crippen molar-refractivity contribution in [1.82, 2.24) is 19.9 Å². The molecule has 0 saturated carbocycles. The lowest BCUT2D eigenvalue weighted by molar-refractivity contribution is 0.254. The topological polar surface area (TPSA) is 92.4 Å². The van der Waals surface area contributed by atoms with Crippen LogP contribution in [-0.4, -0.2) is 53.2 Å². The first-order valence-corrected chi connectivity index (χ1v) is 11.7. The van der Waals surface area contributed by atoms with E-state index in [2.05, 4.69) is 25.2 Å². The average molecular weight is 472 g/mol. The van der Waals surface area contributed by atoms with Crippen LogP contribution in [0.25, 0.3) is 10.9 Å². The van der Waals surface area contributed by atoms with Crippen molar-refractivity contribution in [3.63, 3.8) is 0 Å². The van der Waals surface area contributed by atoms with Gasteiger partial charge in [0, 0.05) is 35.8 Å². The number of H-pyrrole nitrogens is 1. The van der Waals surface area contributed by atoms with Crippen LogP contribution in [0.1, 0.15) is 36.1 Å². The normalized spacial score (nSPS) is 14.1. The number of aromatic nitrogens is 3. The zero-order chi connectivity index (χ0) is 23.4. The van der Waals surface area contributed by atoms with Crippen LogP contribution in [0.3, 0.4) is 0 Å². The van der Waals surface area contributed by atoms with E-state index in [1.165, 1.54) is 25.9 Å². The van der Waals surface area contributed by atoms with E-state index in [9.17, 15) is 4.79 Å². The number of nitrogens with one attached hydrogen (secondary N) is 2. The molecule has 8 nitrogen and oxygen atoms in total. The van der Waals surface area contributed by atoms with E-state index in [4.69, 9.17) is 21.1 Å². The molecule has 3 heterocycles. The summed E-state index contributed by atoms with van der Waals surface area (Å²) in [7, 11) is 1.61. The first-order chi connectivity index (χ1) is 15.9. The Hall–Kier alpha value is -2.84. The van der Waals surface area contributed by atoms with E-state index in [0.717, 1.165) is 29.6 Å². The Morgan fingerprint density at radius 1 is 1.15 bits per heavy atom. The Bertz CT molecular complexity index is 1190. The van der Waals surface area contributed by atoms with Crippen LogP contribution in [0.5, 0.6) is 11.5 Å². The summed E-state index contributed by atoms with van der Waals surface area (Å²) in [5.74, 6) is 1.75. The lowest BCUT2D eigenvalue weighted by atomic mass is 10.1. The average Bonchev–Trinajstić information content (AvgIpc) is 3.29. The molecular weight excluding hydrogens is 442 g/mol. The van der Waals surface area contributed by atoms with Crippen LogP contribution < -0.4 is 20.3 Å². The molecule has 1 aliphatic rings. The molecule has 0 amide bonds. The Morgan fingerprint density at radius 2 is 1.94 bits per heavy atom. The van der Waals surface area contributed by atoms with Crippen molar-refractivity contribution in [2.24, 2.45) is 0 Å². The van der Waals surface area contributed by atoms with Gasteiger partial charge in [0.25, 0.3) is 5.56 Å². The molecule has 1 aliphatic heterocycles. The van der Waals surface area contributed by atoms with Crippen molar-refractivity contribution in [2.75, 3.05) is 38.7 Å². The molecule has 0 spiro atoms. The van der Waals surface area contributed by atoms with Crippen LogP contribution in [0.2, 0.25) is 5.28 Å². The number of ether oxygens (including phenoxy) is 2. The molecule has 1 fully saturated rings. The van der Waals surface area contributed by atoms with E-state index in [-0.39, 0.29) is 10.8 Å². The number of fused-ring (bicyclic) bond motifs is 1. The summed E-state index contributed by atoms with van der Waals surface area (Å²) in [4.78, 5) is 26.4. The molecule has 3 aromatic rings. The molecule has 0 radical (unpaired) electrons. The van der Waals surface area contributed by atoms with E-state index in [1.54, 1.807) is 7.11 Å². The number of methoxy groups -OCH3 is 1. The lowest BCUT2D eigenvalue weighted by Crippen LogP contribution is -2.21. The number of halogens is 1. The summed E-state index contributed by atoms with van der Waals surface area (Å²) < 4.78 is 11.6. The Balaban J connectivity index is 1.53. The number of nitrogens with zero attached hydrogens (tertiary/aromatic N) is 3. The summed E-state index contributed by atoms with van der Waals surface area (Å²) in [5.41, 5.74) is 2.91. The van der Waals surface area contributed by atoms with Crippen LogP contribution in [0.4, 0.5) is 5.82 Å². The Morgan fingerprint density at radius 3 is 2.67 bits per heavy atom. The molecule has 176 valence electrons. The third-order valence-corrected chi connectivity index (χ3v) is 6.12. The molecule has 4 rings (SSSR count). The van der Waals surface area contributed by atoms with Crippen molar-refractivity contribution in [3.8, 4) is 11.5 Å². The van der Waals surface area contributed by atoms with Crippen molar-refractivity contribution in [1.29, 1.82) is 0 Å². The van der Waals surface area contributed by atoms with Gasteiger partial charge in [0.15, 0.2) is 11.5 Å². The van der Waals surface area contributed by atoms with Gasteiger partial charge in [0.05, 0.1) is 19.2 Å². The summed E-state index contributed by atoms with van der Waals surface area (Å²) in [6, 6.07) is 5.61. The van der Waals surface area contributed by atoms with Gasteiger partial charge in [-0.15, -0.1) is 0 Å². The molecule has 9 heteroatoms. The number of benzene rings is 1. The molecule has 0 bridgehead atoms. The Labute approximate surface area is 198 Å². The number of rotatable bonds is 9. The molecule has 0 unspecified atom stereocenters. The highest BCUT2D eigenvalue weighted by Gasteiger charge is 2.15. The highest BCUT2D eigenvalue weighted by Crippen LogP contribution is 2.35. The summed E-state index contributed by atoms with van der Waals surface area (Å²) in [5, 5.41) is 4.10. The molecule has 1 saturated heterocycles. The number of aromatic amines is 1. The van der Waals surface area contributed by atoms with Crippen molar-refractivity contribution < 1.29 is 9.47 Å². The third-order valence-electron chi connectivity index (χ3n) is 5.96. The van der Waals surface area contributed by atoms with Gasteiger partial charge < -0.3 is 24.7 Å². The van der Waals surface area contributed by atoms with E-state index >= 15 is 0 Å². The Kier molecular flexibility index (Phi) is 7.35. The molecule has 2 aromatic heterocycles. The third kappa shape index (κ3) is 5.57. The fourth-order valence-electron chi connectivity index (χ4n) is 4.27. The number of hydrogen-bond donors (Lipinski definition) is 2. The van der Waals surface area contributed by atoms with Gasteiger partial charge in [-0.25, -0.2) is 9.97 Å². The minimum atomic E-state index is -0.119. The van der Waals surface area contributed by atoms with E-state index in [1.807, 2.05) is 32.0 Å². The van der Waals surface area contributed by atoms with Crippen LogP contribution >= 0.6 is 11.6 Å². The fraction of sp³-hybridized carbons (Fsp3) is 0.458. The molecule has 0 aliphatic carbocycles. The smallest absolute Gasteiger partial charge is 0.253 e. The van der Waals surface area contributed by atoms with Gasteiger partial charge in [-0.1, -0.05) is 0 Å². The lowest BCUT2D eigenvalue weighted by Gasteiger charge is -2.16. The van der Waals surface area contributed by atoms with Crippen LogP contribution in [0, 0.1) is 13.8 Å². The van der Waals surface area contributed by atoms with Gasteiger partial charge in [0.2, 0.25) is 5.28 Å². The predicted octanol–water partition coefficient (Wildman–Crippen LogP) is 4.07. The second kappa shape index (κ2) is 10.4. The molecule has 33 heavy (non-hydrogen) atoms. The minimum absolute atomic E-state index is 0.115. The standard InChI is InChI=1S/C24H30ClN5O3/c1-15-11-16(2)27-23(31)18(15)14-26-22-17-12-20(32-3)21(13-19(17)28-24(25)29-22)33-10-6-9-30-7-4-5-8-30/h11-13H,4-10,14H2,1-3H3,(H,27,31)(H,26,28,29). The summed E-state index contributed by atoms with van der Waals surface area (Å²) in [6.07, 6.45) is 3.52. The minimum Gasteiger partial charge on any atom is -0.493 e. The summed E-state index contributed by atoms with van der Waals surface area (Å²) >= 11 is 6.21. The second-order valence-corrected chi connectivity index (χ2v) is 8.75. The van der Waals surface area contributed by atoms with Gasteiger partial charge in [-0.3, -0.25) is 4.79 Å². The molecule has 1 aromatic carbocycles. The van der Waals surface area contributed by atoms with Crippen LogP contribution in [0.15, 0.2) is 23.0 Å². The van der Waals surface area contributed by atoms with E-state index in [0.29, 0.717) is 41.5 Å². The zero-order valence-electron chi connectivity index (χ0n) is 19.3. The van der Waals surface area contributed by atoms with Gasteiger partial charge in [0.1, 0.15) is 5.82 Å². The number of hydrogen-bond acceptors (Lipinski definition) is 7. The molecular formula is C24H30ClN5O3. The maximum Gasteiger partial charge on any atom is 0.253 e. The maximum atomic E-state index is 12.4. The number of aryl methyl sites for hydroxylation is 2. The van der Waals surface area contributed by atoms with Crippen molar-refractivity contribution >= 4 is 28.3 Å². The maximum absolute atomic E-state index is 12.4. The molecule has 0 atom stereocenters. The van der Waals surface area contributed by atoms with Crippen molar-refractivity contribution in [2.45, 2.75) is 39.7 Å². The fourth-order valence-corrected chi connectivity index (χ4v) is 4.44. The van der Waals surface area contributed by atoms with Gasteiger partial charge >= 0.3 is 0 Å². The number of likely N-dealkylation sites (tertiary alicyclic amines) is 1. The molecule has 2 N–H and O–H groups in total. The zero-order valence-corrected chi connectivity index (χ0v) is 20.1. The first kappa shape index (κ1) is 23.3. The van der Waals surface area contributed by atoms with Gasteiger partial charge in [-0.05, 0) is 75.5 Å².